The Kier molecular flexibility index (Phi) is 5.38. The Bertz CT molecular complexity index is 931. The molecule has 0 aliphatic rings. The first-order valence-electron chi connectivity index (χ1n) is 7.30. The Morgan fingerprint density at radius 3 is 2.96 bits per heavy atom. The van der Waals surface area contributed by atoms with Crippen molar-refractivity contribution in [1.82, 2.24) is 15.2 Å². The van der Waals surface area contributed by atoms with E-state index in [2.05, 4.69) is 37.8 Å². The van der Waals surface area contributed by atoms with Crippen LogP contribution in [0.4, 0.5) is 0 Å². The molecule has 1 unspecified atom stereocenters. The molecule has 0 saturated heterocycles. The number of hydrogen-bond acceptors (Lipinski definition) is 7. The molecule has 9 heteroatoms. The second-order valence-corrected chi connectivity index (χ2v) is 6.72. The lowest BCUT2D eigenvalue weighted by molar-refractivity contribution is -0.152. The third-order valence-corrected chi connectivity index (χ3v) is 4.40. The average Bonchev–Trinajstić information content (AvgIpc) is 3.01. The minimum atomic E-state index is -0.656. The van der Waals surface area contributed by atoms with Crippen LogP contribution in [-0.2, 0) is 9.53 Å². The first-order chi connectivity index (χ1) is 12.0. The summed E-state index contributed by atoms with van der Waals surface area (Å²) in [5, 5.41) is 8.85. The van der Waals surface area contributed by atoms with E-state index in [1.165, 1.54) is 0 Å². The number of esters is 1. The maximum Gasteiger partial charge on any atom is 0.344 e. The second-order valence-electron chi connectivity index (χ2n) is 5.15. The number of fused-ring (bicyclic) bond motifs is 1. The van der Waals surface area contributed by atoms with Gasteiger partial charge in [-0.1, -0.05) is 11.6 Å². The van der Waals surface area contributed by atoms with Crippen molar-refractivity contribution in [2.24, 2.45) is 0 Å². The fourth-order valence-electron chi connectivity index (χ4n) is 2.17. The van der Waals surface area contributed by atoms with Gasteiger partial charge in [-0.2, -0.15) is 0 Å². The summed E-state index contributed by atoms with van der Waals surface area (Å²) in [6, 6.07) is 5.38. The number of pyridine rings is 1. The van der Waals surface area contributed by atoms with Crippen molar-refractivity contribution in [1.29, 1.82) is 0 Å². The summed E-state index contributed by atoms with van der Waals surface area (Å²) in [4.78, 5) is 16.3. The molecular formula is C16H13ClIN3O4. The molecule has 0 radical (unpaired) electrons. The summed E-state index contributed by atoms with van der Waals surface area (Å²) in [6.07, 6.45) is 0.983. The van der Waals surface area contributed by atoms with Gasteiger partial charge in [0.2, 0.25) is 5.89 Å². The Morgan fingerprint density at radius 2 is 2.24 bits per heavy atom. The van der Waals surface area contributed by atoms with Crippen LogP contribution in [0.2, 0.25) is 5.02 Å². The molecule has 0 bridgehead atoms. The molecule has 1 aromatic carbocycles. The van der Waals surface area contributed by atoms with Gasteiger partial charge in [0, 0.05) is 18.5 Å². The maximum atomic E-state index is 12.0. The van der Waals surface area contributed by atoms with E-state index in [9.17, 15) is 4.79 Å². The Hall–Kier alpha value is -1.94. The first kappa shape index (κ1) is 17.9. The number of rotatable bonds is 5. The minimum absolute atomic E-state index is 0.235. The SMILES string of the molecule is Cc1nnc(C(C)OC(=O)COc2c(I)cc(Cl)c3cccnc23)o1. The maximum absolute atomic E-state index is 12.0. The van der Waals surface area contributed by atoms with Gasteiger partial charge in [0.1, 0.15) is 5.52 Å². The zero-order valence-corrected chi connectivity index (χ0v) is 16.2. The van der Waals surface area contributed by atoms with E-state index in [-0.39, 0.29) is 12.5 Å². The number of carbonyl (C=O) groups is 1. The summed E-state index contributed by atoms with van der Waals surface area (Å²) in [5.41, 5.74) is 0.591. The number of benzene rings is 1. The molecule has 2 heterocycles. The number of halogens is 2. The standard InChI is InChI=1S/C16H13ClIN3O4/c1-8(16-21-20-9(2)25-16)24-13(22)7-23-15-12(18)6-11(17)10-4-3-5-19-14(10)15/h3-6,8H,7H2,1-2H3. The minimum Gasteiger partial charge on any atom is -0.478 e. The fraction of sp³-hybridized carbons (Fsp3) is 0.250. The summed E-state index contributed by atoms with van der Waals surface area (Å²) in [5.74, 6) is 0.568. The van der Waals surface area contributed by atoms with Gasteiger partial charge in [-0.15, -0.1) is 10.2 Å². The molecule has 130 valence electrons. The monoisotopic (exact) mass is 473 g/mol. The van der Waals surface area contributed by atoms with Crippen molar-refractivity contribution < 1.29 is 18.7 Å². The van der Waals surface area contributed by atoms with Crippen LogP contribution in [0, 0.1) is 10.5 Å². The Balaban J connectivity index is 1.71. The van der Waals surface area contributed by atoms with E-state index in [4.69, 9.17) is 25.5 Å². The topological polar surface area (TPSA) is 87.3 Å². The lowest BCUT2D eigenvalue weighted by Crippen LogP contribution is -2.17. The average molecular weight is 474 g/mol. The summed E-state index contributed by atoms with van der Waals surface area (Å²) in [7, 11) is 0. The first-order valence-corrected chi connectivity index (χ1v) is 8.76. The highest BCUT2D eigenvalue weighted by atomic mass is 127. The van der Waals surface area contributed by atoms with Crippen molar-refractivity contribution >= 4 is 51.1 Å². The molecule has 0 aliphatic heterocycles. The van der Waals surface area contributed by atoms with Crippen LogP contribution in [0.25, 0.3) is 10.9 Å². The fourth-order valence-corrected chi connectivity index (χ4v) is 3.34. The van der Waals surface area contributed by atoms with Crippen molar-refractivity contribution in [3.05, 3.63) is 44.8 Å². The van der Waals surface area contributed by atoms with Crippen LogP contribution in [0.3, 0.4) is 0 Å². The van der Waals surface area contributed by atoms with Gasteiger partial charge >= 0.3 is 5.97 Å². The van der Waals surface area contributed by atoms with Crippen LogP contribution in [0.5, 0.6) is 5.75 Å². The molecule has 3 rings (SSSR count). The Labute approximate surface area is 161 Å². The number of aromatic nitrogens is 3. The number of carbonyl (C=O) groups excluding carboxylic acids is 1. The van der Waals surface area contributed by atoms with E-state index in [0.29, 0.717) is 22.2 Å². The van der Waals surface area contributed by atoms with Crippen molar-refractivity contribution in [3.8, 4) is 5.75 Å². The van der Waals surface area contributed by atoms with Crippen molar-refractivity contribution in [2.75, 3.05) is 6.61 Å². The van der Waals surface area contributed by atoms with Gasteiger partial charge in [0.25, 0.3) is 5.89 Å². The Morgan fingerprint density at radius 1 is 1.44 bits per heavy atom. The molecule has 0 saturated carbocycles. The quantitative estimate of drug-likeness (QED) is 0.411. The van der Waals surface area contributed by atoms with Crippen LogP contribution in [-0.4, -0.2) is 27.8 Å². The highest BCUT2D eigenvalue weighted by molar-refractivity contribution is 14.1. The molecule has 0 aliphatic carbocycles. The van der Waals surface area contributed by atoms with Gasteiger partial charge in [-0.25, -0.2) is 4.79 Å². The van der Waals surface area contributed by atoms with Gasteiger partial charge in [-0.05, 0) is 47.7 Å². The van der Waals surface area contributed by atoms with Crippen molar-refractivity contribution in [2.45, 2.75) is 20.0 Å². The predicted molar refractivity (Wildman–Crippen MR) is 98.5 cm³/mol. The smallest absolute Gasteiger partial charge is 0.344 e. The van der Waals surface area contributed by atoms with Gasteiger partial charge in [0.05, 0.1) is 8.59 Å². The third kappa shape index (κ3) is 4.01. The van der Waals surface area contributed by atoms with Gasteiger partial charge in [-0.3, -0.25) is 4.98 Å². The van der Waals surface area contributed by atoms with Gasteiger partial charge < -0.3 is 13.9 Å². The number of nitrogens with zero attached hydrogens (tertiary/aromatic N) is 3. The largest absolute Gasteiger partial charge is 0.478 e. The molecule has 0 fully saturated rings. The molecule has 7 nitrogen and oxygen atoms in total. The molecule has 25 heavy (non-hydrogen) atoms. The van der Waals surface area contributed by atoms with Crippen LogP contribution in [0.1, 0.15) is 24.8 Å². The molecular weight excluding hydrogens is 461 g/mol. The van der Waals surface area contributed by atoms with Crippen LogP contribution >= 0.6 is 34.2 Å². The highest BCUT2D eigenvalue weighted by Crippen LogP contribution is 2.34. The number of hydrogen-bond donors (Lipinski definition) is 0. The molecule has 0 spiro atoms. The number of ether oxygens (including phenoxy) is 2. The molecule has 1 atom stereocenters. The number of aryl methyl sites for hydroxylation is 1. The lowest BCUT2D eigenvalue weighted by Gasteiger charge is -2.13. The predicted octanol–water partition coefficient (Wildman–Crippen LogP) is 3.87. The van der Waals surface area contributed by atoms with E-state index in [0.717, 1.165) is 8.96 Å². The molecule has 2 aromatic heterocycles. The van der Waals surface area contributed by atoms with Crippen LogP contribution in [0.15, 0.2) is 28.8 Å². The molecule has 0 amide bonds. The van der Waals surface area contributed by atoms with Gasteiger partial charge in [0.15, 0.2) is 18.5 Å². The molecule has 3 aromatic rings. The van der Waals surface area contributed by atoms with E-state index in [1.807, 2.05) is 6.07 Å². The normalized spacial score (nSPS) is 12.2. The summed E-state index contributed by atoms with van der Waals surface area (Å²) >= 11 is 8.30. The zero-order chi connectivity index (χ0) is 18.0. The summed E-state index contributed by atoms with van der Waals surface area (Å²) < 4.78 is 16.9. The van der Waals surface area contributed by atoms with E-state index in [1.54, 1.807) is 32.2 Å². The molecule has 0 N–H and O–H groups in total. The third-order valence-electron chi connectivity index (χ3n) is 3.28. The second kappa shape index (κ2) is 7.52. The summed E-state index contributed by atoms with van der Waals surface area (Å²) in [6.45, 7) is 3.03. The lowest BCUT2D eigenvalue weighted by atomic mass is 10.2. The van der Waals surface area contributed by atoms with E-state index >= 15 is 0 Å². The van der Waals surface area contributed by atoms with Crippen molar-refractivity contribution in [3.63, 3.8) is 0 Å². The zero-order valence-electron chi connectivity index (χ0n) is 13.3. The van der Waals surface area contributed by atoms with Crippen LogP contribution < -0.4 is 4.74 Å². The highest BCUT2D eigenvalue weighted by Gasteiger charge is 2.19. The van der Waals surface area contributed by atoms with E-state index < -0.39 is 12.1 Å².